The molecule has 0 spiro atoms. The molecule has 0 aliphatic heterocycles. The highest BCUT2D eigenvalue weighted by molar-refractivity contribution is 6.42. The number of halogens is 2. The van der Waals surface area contributed by atoms with Gasteiger partial charge in [-0.15, -0.1) is 0 Å². The molecule has 1 heterocycles. The van der Waals surface area contributed by atoms with E-state index in [1.54, 1.807) is 30.6 Å². The molecule has 2 rings (SSSR count). The van der Waals surface area contributed by atoms with Crippen LogP contribution in [0, 0.1) is 11.8 Å². The van der Waals surface area contributed by atoms with Crippen LogP contribution in [0.3, 0.4) is 0 Å². The Bertz CT molecular complexity index is 662. The van der Waals surface area contributed by atoms with Crippen molar-refractivity contribution >= 4 is 23.2 Å². The Morgan fingerprint density at radius 2 is 2.00 bits per heavy atom. The van der Waals surface area contributed by atoms with E-state index in [0.29, 0.717) is 28.0 Å². The van der Waals surface area contributed by atoms with Gasteiger partial charge in [0.25, 0.3) is 0 Å². The maximum absolute atomic E-state index is 8.65. The quantitative estimate of drug-likeness (QED) is 0.885. The number of pyridine rings is 1. The molecule has 0 atom stereocenters. The first-order valence-electron chi connectivity index (χ1n) is 5.80. The van der Waals surface area contributed by atoms with Gasteiger partial charge in [0.2, 0.25) is 0 Å². The summed E-state index contributed by atoms with van der Waals surface area (Å²) in [5.41, 5.74) is 1.59. The standard InChI is InChI=1S/C15H11Cl2NO2/c16-14-4-3-12(7-15(14)17)10-20-13-6-11(2-1-5-19)8-18-9-13/h3-4,6-9,19H,5,10H2. The van der Waals surface area contributed by atoms with Crippen LogP contribution in [0.5, 0.6) is 5.75 Å². The Kier molecular flexibility index (Phi) is 5.25. The fourth-order valence-corrected chi connectivity index (χ4v) is 1.82. The van der Waals surface area contributed by atoms with Crippen molar-refractivity contribution in [1.82, 2.24) is 4.98 Å². The Morgan fingerprint density at radius 3 is 2.75 bits per heavy atom. The summed E-state index contributed by atoms with van der Waals surface area (Å²) in [6, 6.07) is 7.08. The third-order valence-electron chi connectivity index (χ3n) is 2.41. The van der Waals surface area contributed by atoms with Gasteiger partial charge in [-0.05, 0) is 23.8 Å². The molecule has 1 aromatic heterocycles. The van der Waals surface area contributed by atoms with Crippen LogP contribution in [0.1, 0.15) is 11.1 Å². The smallest absolute Gasteiger partial charge is 0.139 e. The molecule has 0 aliphatic rings. The lowest BCUT2D eigenvalue weighted by atomic mass is 10.2. The van der Waals surface area contributed by atoms with Crippen LogP contribution in [0.4, 0.5) is 0 Å². The minimum Gasteiger partial charge on any atom is -0.487 e. The van der Waals surface area contributed by atoms with Gasteiger partial charge in [-0.3, -0.25) is 4.98 Å². The number of nitrogens with zero attached hydrogens (tertiary/aromatic N) is 1. The molecular formula is C15H11Cl2NO2. The molecule has 0 aliphatic carbocycles. The van der Waals surface area contributed by atoms with Crippen LogP contribution in [0.15, 0.2) is 36.7 Å². The Morgan fingerprint density at radius 1 is 1.15 bits per heavy atom. The van der Waals surface area contributed by atoms with Crippen molar-refractivity contribution < 1.29 is 9.84 Å². The zero-order valence-electron chi connectivity index (χ0n) is 10.4. The second-order valence-electron chi connectivity index (χ2n) is 3.91. The Hall–Kier alpha value is -1.73. The van der Waals surface area contributed by atoms with Crippen molar-refractivity contribution in [3.05, 3.63) is 57.8 Å². The predicted molar refractivity (Wildman–Crippen MR) is 79.0 cm³/mol. The first-order valence-corrected chi connectivity index (χ1v) is 6.56. The van der Waals surface area contributed by atoms with Crippen molar-refractivity contribution in [3.63, 3.8) is 0 Å². The van der Waals surface area contributed by atoms with Crippen molar-refractivity contribution in [2.75, 3.05) is 6.61 Å². The number of rotatable bonds is 3. The van der Waals surface area contributed by atoms with Crippen LogP contribution in [-0.4, -0.2) is 16.7 Å². The molecule has 0 amide bonds. The summed E-state index contributed by atoms with van der Waals surface area (Å²) >= 11 is 11.8. The van der Waals surface area contributed by atoms with Crippen molar-refractivity contribution in [2.45, 2.75) is 6.61 Å². The number of aromatic nitrogens is 1. The molecule has 0 bridgehead atoms. The first-order chi connectivity index (χ1) is 9.69. The number of benzene rings is 1. The normalized spacial score (nSPS) is 9.75. The second-order valence-corrected chi connectivity index (χ2v) is 4.72. The fraction of sp³-hybridized carbons (Fsp3) is 0.133. The first kappa shape index (κ1) is 14.7. The van der Waals surface area contributed by atoms with E-state index < -0.39 is 0 Å². The zero-order chi connectivity index (χ0) is 14.4. The summed E-state index contributed by atoms with van der Waals surface area (Å²) in [5, 5.41) is 9.66. The van der Waals surface area contributed by atoms with Crippen LogP contribution < -0.4 is 4.74 Å². The number of hydrogen-bond acceptors (Lipinski definition) is 3. The molecule has 102 valence electrons. The van der Waals surface area contributed by atoms with Gasteiger partial charge < -0.3 is 9.84 Å². The monoisotopic (exact) mass is 307 g/mol. The van der Waals surface area contributed by atoms with Crippen molar-refractivity contribution in [3.8, 4) is 17.6 Å². The number of aliphatic hydroxyl groups is 1. The molecule has 20 heavy (non-hydrogen) atoms. The van der Waals surface area contributed by atoms with Crippen LogP contribution in [0.2, 0.25) is 10.0 Å². The Labute approximate surface area is 127 Å². The summed E-state index contributed by atoms with van der Waals surface area (Å²) in [7, 11) is 0. The van der Waals surface area contributed by atoms with Gasteiger partial charge in [-0.25, -0.2) is 0 Å². The molecule has 1 N–H and O–H groups in total. The van der Waals surface area contributed by atoms with E-state index in [1.165, 1.54) is 0 Å². The SMILES string of the molecule is OCC#Cc1cncc(OCc2ccc(Cl)c(Cl)c2)c1. The van der Waals surface area contributed by atoms with Crippen LogP contribution >= 0.6 is 23.2 Å². The van der Waals surface area contributed by atoms with E-state index in [-0.39, 0.29) is 6.61 Å². The van der Waals surface area contributed by atoms with Gasteiger partial charge in [0, 0.05) is 11.8 Å². The molecular weight excluding hydrogens is 297 g/mol. The molecule has 0 saturated carbocycles. The molecule has 0 fully saturated rings. The highest BCUT2D eigenvalue weighted by Gasteiger charge is 2.01. The zero-order valence-corrected chi connectivity index (χ0v) is 11.9. The van der Waals surface area contributed by atoms with E-state index >= 15 is 0 Å². The summed E-state index contributed by atoms with van der Waals surface area (Å²) in [5.74, 6) is 5.92. The van der Waals surface area contributed by atoms with E-state index in [1.807, 2.05) is 6.07 Å². The molecule has 0 radical (unpaired) electrons. The summed E-state index contributed by atoms with van der Waals surface area (Å²) < 4.78 is 5.61. The average Bonchev–Trinajstić information content (AvgIpc) is 2.47. The molecule has 3 nitrogen and oxygen atoms in total. The summed E-state index contributed by atoms with van der Waals surface area (Å²) in [6.45, 7) is 0.170. The lowest BCUT2D eigenvalue weighted by Gasteiger charge is -2.07. The van der Waals surface area contributed by atoms with E-state index in [0.717, 1.165) is 5.56 Å². The second kappa shape index (κ2) is 7.16. The minimum atomic E-state index is -0.186. The average molecular weight is 308 g/mol. The van der Waals surface area contributed by atoms with Gasteiger partial charge in [0.1, 0.15) is 19.0 Å². The molecule has 2 aromatic rings. The van der Waals surface area contributed by atoms with Crippen LogP contribution in [0.25, 0.3) is 0 Å². The summed E-state index contributed by atoms with van der Waals surface area (Å²) in [6.07, 6.45) is 3.20. The maximum atomic E-state index is 8.65. The van der Waals surface area contributed by atoms with Gasteiger partial charge in [-0.2, -0.15) is 0 Å². The highest BCUT2D eigenvalue weighted by atomic mass is 35.5. The lowest BCUT2D eigenvalue weighted by Crippen LogP contribution is -1.96. The van der Waals surface area contributed by atoms with Gasteiger partial charge in [-0.1, -0.05) is 41.1 Å². The van der Waals surface area contributed by atoms with Gasteiger partial charge in [0.05, 0.1) is 16.2 Å². The van der Waals surface area contributed by atoms with E-state index in [4.69, 9.17) is 33.0 Å². The largest absolute Gasteiger partial charge is 0.487 e. The fourth-order valence-electron chi connectivity index (χ4n) is 1.50. The molecule has 5 heteroatoms. The highest BCUT2D eigenvalue weighted by Crippen LogP contribution is 2.23. The topological polar surface area (TPSA) is 42.4 Å². The number of ether oxygens (including phenoxy) is 1. The molecule has 1 aromatic carbocycles. The maximum Gasteiger partial charge on any atom is 0.139 e. The number of aliphatic hydroxyl groups excluding tert-OH is 1. The predicted octanol–water partition coefficient (Wildman–Crippen LogP) is 3.31. The minimum absolute atomic E-state index is 0.186. The third-order valence-corrected chi connectivity index (χ3v) is 3.15. The van der Waals surface area contributed by atoms with Gasteiger partial charge >= 0.3 is 0 Å². The van der Waals surface area contributed by atoms with Gasteiger partial charge in [0.15, 0.2) is 0 Å². The lowest BCUT2D eigenvalue weighted by molar-refractivity contribution is 0.305. The van der Waals surface area contributed by atoms with E-state index in [2.05, 4.69) is 16.8 Å². The van der Waals surface area contributed by atoms with Crippen molar-refractivity contribution in [1.29, 1.82) is 0 Å². The number of hydrogen-bond donors (Lipinski definition) is 1. The molecule has 0 unspecified atom stereocenters. The summed E-state index contributed by atoms with van der Waals surface area (Å²) in [4.78, 5) is 4.03. The van der Waals surface area contributed by atoms with Crippen LogP contribution in [-0.2, 0) is 6.61 Å². The van der Waals surface area contributed by atoms with E-state index in [9.17, 15) is 0 Å². The molecule has 0 saturated heterocycles. The van der Waals surface area contributed by atoms with Crippen molar-refractivity contribution in [2.24, 2.45) is 0 Å². The Balaban J connectivity index is 2.05. The third kappa shape index (κ3) is 4.14.